The van der Waals surface area contributed by atoms with E-state index in [1.165, 1.54) is 18.2 Å². The van der Waals surface area contributed by atoms with Crippen LogP contribution >= 0.6 is 34.8 Å². The van der Waals surface area contributed by atoms with E-state index in [0.29, 0.717) is 0 Å². The van der Waals surface area contributed by atoms with Gasteiger partial charge in [-0.1, -0.05) is 53.0 Å². The van der Waals surface area contributed by atoms with E-state index in [9.17, 15) is 14.7 Å². The van der Waals surface area contributed by atoms with Crippen molar-refractivity contribution in [3.63, 3.8) is 0 Å². The van der Waals surface area contributed by atoms with Gasteiger partial charge in [-0.3, -0.25) is 9.59 Å². The maximum atomic E-state index is 12.6. The van der Waals surface area contributed by atoms with E-state index in [1.807, 2.05) is 0 Å². The first-order chi connectivity index (χ1) is 11.4. The van der Waals surface area contributed by atoms with Crippen LogP contribution in [-0.2, 0) is 9.59 Å². The van der Waals surface area contributed by atoms with E-state index in [2.05, 4.69) is 5.32 Å². The number of amides is 2. The molecular weight excluding hydrogens is 375 g/mol. The topological polar surface area (TPSA) is 69.6 Å². The fourth-order valence-corrected chi connectivity index (χ4v) is 2.80. The zero-order valence-corrected chi connectivity index (χ0v) is 14.2. The summed E-state index contributed by atoms with van der Waals surface area (Å²) in [4.78, 5) is 25.8. The number of para-hydroxylation sites is 2. The maximum Gasteiger partial charge on any atom is 0.283 e. The highest BCUT2D eigenvalue weighted by Gasteiger charge is 2.40. The van der Waals surface area contributed by atoms with Crippen LogP contribution in [0.1, 0.15) is 0 Å². The summed E-state index contributed by atoms with van der Waals surface area (Å²) in [6.45, 7) is 0. The molecule has 0 aromatic heterocycles. The second-order valence-electron chi connectivity index (χ2n) is 4.85. The lowest BCUT2D eigenvalue weighted by Gasteiger charge is -2.17. The van der Waals surface area contributed by atoms with E-state index >= 15 is 0 Å². The number of rotatable bonds is 3. The molecule has 24 heavy (non-hydrogen) atoms. The van der Waals surface area contributed by atoms with E-state index in [4.69, 9.17) is 34.8 Å². The molecule has 2 aromatic rings. The predicted molar refractivity (Wildman–Crippen MR) is 93.6 cm³/mol. The highest BCUT2D eigenvalue weighted by molar-refractivity contribution is 6.54. The summed E-state index contributed by atoms with van der Waals surface area (Å²) in [6, 6.07) is 10.8. The molecule has 2 amide bonds. The lowest BCUT2D eigenvalue weighted by molar-refractivity contribution is -0.120. The minimum absolute atomic E-state index is 0.0640. The van der Waals surface area contributed by atoms with Gasteiger partial charge in [-0.05, 0) is 24.3 Å². The van der Waals surface area contributed by atoms with E-state index in [0.717, 1.165) is 4.90 Å². The number of aromatic hydroxyl groups is 1. The highest BCUT2D eigenvalue weighted by Crippen LogP contribution is 2.38. The Bertz CT molecular complexity index is 896. The Labute approximate surface area is 152 Å². The molecular formula is C16H9Cl3N2O3. The normalized spacial score (nSPS) is 14.5. The first kappa shape index (κ1) is 16.6. The van der Waals surface area contributed by atoms with Gasteiger partial charge in [0.15, 0.2) is 0 Å². The van der Waals surface area contributed by atoms with E-state index < -0.39 is 11.8 Å². The summed E-state index contributed by atoms with van der Waals surface area (Å²) in [6.07, 6.45) is 0. The largest absolute Gasteiger partial charge is 0.506 e. The number of nitrogens with zero attached hydrogens (tertiary/aromatic N) is 1. The van der Waals surface area contributed by atoms with Crippen molar-refractivity contribution < 1.29 is 14.7 Å². The fourth-order valence-electron chi connectivity index (χ4n) is 2.21. The Kier molecular flexibility index (Phi) is 4.41. The van der Waals surface area contributed by atoms with Crippen molar-refractivity contribution in [2.45, 2.75) is 0 Å². The lowest BCUT2D eigenvalue weighted by Crippen LogP contribution is -2.32. The number of hydrogen-bond donors (Lipinski definition) is 2. The SMILES string of the molecule is O=C1C(Cl)=C(Nc2ccccc2O)C(=O)N1c1cccc(Cl)c1Cl. The molecule has 8 heteroatoms. The smallest absolute Gasteiger partial charge is 0.283 e. The maximum absolute atomic E-state index is 12.6. The van der Waals surface area contributed by atoms with Crippen molar-refractivity contribution in [3.8, 4) is 5.75 Å². The van der Waals surface area contributed by atoms with Gasteiger partial charge in [0, 0.05) is 0 Å². The number of anilines is 2. The fraction of sp³-hybridized carbons (Fsp3) is 0. The standard InChI is InChI=1S/C16H9Cl3N2O3/c17-8-4-3-6-10(12(8)18)21-15(23)13(19)14(16(21)24)20-9-5-1-2-7-11(9)22/h1-7,20,22H. The van der Waals surface area contributed by atoms with Crippen LogP contribution in [0, 0.1) is 0 Å². The molecule has 5 nitrogen and oxygen atoms in total. The molecule has 0 bridgehead atoms. The zero-order valence-electron chi connectivity index (χ0n) is 11.9. The lowest BCUT2D eigenvalue weighted by atomic mass is 10.2. The van der Waals surface area contributed by atoms with Gasteiger partial charge in [-0.15, -0.1) is 0 Å². The molecule has 122 valence electrons. The quantitative estimate of drug-likeness (QED) is 0.617. The van der Waals surface area contributed by atoms with Gasteiger partial charge in [0.1, 0.15) is 16.5 Å². The van der Waals surface area contributed by atoms with Crippen LogP contribution in [0.3, 0.4) is 0 Å². The van der Waals surface area contributed by atoms with Crippen LogP contribution in [-0.4, -0.2) is 16.9 Å². The molecule has 2 N–H and O–H groups in total. The number of phenolic OH excluding ortho intramolecular Hbond substituents is 1. The number of carbonyl (C=O) groups is 2. The number of hydrogen-bond acceptors (Lipinski definition) is 4. The van der Waals surface area contributed by atoms with Gasteiger partial charge in [-0.25, -0.2) is 4.90 Å². The van der Waals surface area contributed by atoms with Crippen LogP contribution in [0.5, 0.6) is 5.75 Å². The summed E-state index contributed by atoms with van der Waals surface area (Å²) < 4.78 is 0. The minimum atomic E-state index is -0.733. The molecule has 0 saturated heterocycles. The third kappa shape index (κ3) is 2.71. The van der Waals surface area contributed by atoms with Gasteiger partial charge in [-0.2, -0.15) is 0 Å². The predicted octanol–water partition coefficient (Wildman–Crippen LogP) is 4.13. The average Bonchev–Trinajstić information content (AvgIpc) is 2.76. The summed E-state index contributed by atoms with van der Waals surface area (Å²) in [5.74, 6) is -1.52. The number of nitrogens with one attached hydrogen (secondary N) is 1. The van der Waals surface area contributed by atoms with Crippen LogP contribution in [0.4, 0.5) is 11.4 Å². The third-order valence-corrected chi connectivity index (χ3v) is 4.52. The Morgan fingerprint density at radius 1 is 0.917 bits per heavy atom. The summed E-state index contributed by atoms with van der Waals surface area (Å²) in [5, 5.41) is 12.4. The monoisotopic (exact) mass is 382 g/mol. The van der Waals surface area contributed by atoms with E-state index in [-0.39, 0.29) is 37.9 Å². The van der Waals surface area contributed by atoms with Gasteiger partial charge < -0.3 is 10.4 Å². The van der Waals surface area contributed by atoms with Gasteiger partial charge >= 0.3 is 0 Å². The van der Waals surface area contributed by atoms with Crippen molar-refractivity contribution in [1.29, 1.82) is 0 Å². The van der Waals surface area contributed by atoms with Crippen LogP contribution < -0.4 is 10.2 Å². The summed E-state index contributed by atoms with van der Waals surface area (Å²) in [5.41, 5.74) is 0.219. The summed E-state index contributed by atoms with van der Waals surface area (Å²) in [7, 11) is 0. The molecule has 1 aliphatic rings. The van der Waals surface area contributed by atoms with Crippen LogP contribution in [0.25, 0.3) is 0 Å². The molecule has 0 aliphatic carbocycles. The number of phenols is 1. The average molecular weight is 384 g/mol. The molecule has 1 aliphatic heterocycles. The van der Waals surface area contributed by atoms with Gasteiger partial charge in [0.25, 0.3) is 11.8 Å². The van der Waals surface area contributed by atoms with Gasteiger partial charge in [0.05, 0.1) is 21.4 Å². The third-order valence-electron chi connectivity index (χ3n) is 3.36. The van der Waals surface area contributed by atoms with Gasteiger partial charge in [0.2, 0.25) is 0 Å². The van der Waals surface area contributed by atoms with Crippen molar-refractivity contribution in [1.82, 2.24) is 0 Å². The van der Waals surface area contributed by atoms with Crippen molar-refractivity contribution in [2.75, 3.05) is 10.2 Å². The minimum Gasteiger partial charge on any atom is -0.506 e. The zero-order chi connectivity index (χ0) is 17.4. The Morgan fingerprint density at radius 3 is 2.33 bits per heavy atom. The van der Waals surface area contributed by atoms with E-state index in [1.54, 1.807) is 24.3 Å². The van der Waals surface area contributed by atoms with Crippen LogP contribution in [0.15, 0.2) is 53.2 Å². The second-order valence-corrected chi connectivity index (χ2v) is 6.01. The van der Waals surface area contributed by atoms with Crippen LogP contribution in [0.2, 0.25) is 10.0 Å². The molecule has 0 radical (unpaired) electrons. The Balaban J connectivity index is 1.99. The molecule has 0 saturated carbocycles. The molecule has 0 atom stereocenters. The summed E-state index contributed by atoms with van der Waals surface area (Å²) >= 11 is 18.0. The molecule has 3 rings (SSSR count). The molecule has 0 spiro atoms. The number of imide groups is 1. The van der Waals surface area contributed by atoms with Crippen molar-refractivity contribution in [2.24, 2.45) is 0 Å². The first-order valence-corrected chi connectivity index (χ1v) is 7.82. The molecule has 0 unspecified atom stereocenters. The molecule has 0 fully saturated rings. The Hall–Kier alpha value is -2.21. The second kappa shape index (κ2) is 6.36. The number of benzene rings is 2. The van der Waals surface area contributed by atoms with Crippen molar-refractivity contribution >= 4 is 58.0 Å². The number of halogens is 3. The highest BCUT2D eigenvalue weighted by atomic mass is 35.5. The number of carbonyl (C=O) groups excluding carboxylic acids is 2. The van der Waals surface area contributed by atoms with Crippen molar-refractivity contribution in [3.05, 3.63) is 63.2 Å². The first-order valence-electron chi connectivity index (χ1n) is 6.69. The molecule has 2 aromatic carbocycles. The molecule has 1 heterocycles. The Morgan fingerprint density at radius 2 is 1.62 bits per heavy atom.